The van der Waals surface area contributed by atoms with Gasteiger partial charge in [-0.2, -0.15) is 9.78 Å². The van der Waals surface area contributed by atoms with Gasteiger partial charge in [-0.1, -0.05) is 29.8 Å². The van der Waals surface area contributed by atoms with Crippen molar-refractivity contribution in [3.8, 4) is 17.2 Å². The number of carbonyl (C=O) groups excluding carboxylic acids is 2. The Labute approximate surface area is 190 Å². The number of esters is 1. The summed E-state index contributed by atoms with van der Waals surface area (Å²) in [7, 11) is 0. The van der Waals surface area contributed by atoms with Gasteiger partial charge in [0.05, 0.1) is 30.7 Å². The fraction of sp³-hybridized carbons (Fsp3) is 0.250. The monoisotopic (exact) mass is 451 g/mol. The van der Waals surface area contributed by atoms with Gasteiger partial charge in [-0.3, -0.25) is 9.59 Å². The number of para-hydroxylation sites is 2. The second-order valence-electron chi connectivity index (χ2n) is 6.93. The molecule has 0 saturated heterocycles. The molecule has 0 aliphatic rings. The molecule has 0 atom stereocenters. The summed E-state index contributed by atoms with van der Waals surface area (Å²) in [6.45, 7) is 5.50. The molecular weight excluding hydrogens is 426 g/mol. The SMILES string of the molecule is CCOC(=O)c1nn(-c2ccc(C)cc2)c(=O)cc1OCC(=O)Nc1ccccc1OCC. The molecule has 0 unspecified atom stereocenters. The summed E-state index contributed by atoms with van der Waals surface area (Å²) in [4.78, 5) is 37.6. The first kappa shape index (κ1) is 23.5. The number of hydrogen-bond donors (Lipinski definition) is 1. The summed E-state index contributed by atoms with van der Waals surface area (Å²) >= 11 is 0. The Morgan fingerprint density at radius 3 is 2.39 bits per heavy atom. The van der Waals surface area contributed by atoms with Crippen LogP contribution in [0.4, 0.5) is 5.69 Å². The lowest BCUT2D eigenvalue weighted by Gasteiger charge is -2.14. The number of carbonyl (C=O) groups is 2. The quantitative estimate of drug-likeness (QED) is 0.498. The molecule has 0 spiro atoms. The van der Waals surface area contributed by atoms with Crippen LogP contribution in [0.2, 0.25) is 0 Å². The van der Waals surface area contributed by atoms with Crippen LogP contribution in [0.3, 0.4) is 0 Å². The maximum absolute atomic E-state index is 12.7. The molecule has 172 valence electrons. The van der Waals surface area contributed by atoms with Gasteiger partial charge in [-0.15, -0.1) is 0 Å². The maximum Gasteiger partial charge on any atom is 0.362 e. The van der Waals surface area contributed by atoms with E-state index < -0.39 is 24.0 Å². The lowest BCUT2D eigenvalue weighted by molar-refractivity contribution is -0.118. The molecule has 3 aromatic rings. The Hall–Kier alpha value is -4.14. The van der Waals surface area contributed by atoms with Crippen LogP contribution in [0, 0.1) is 6.92 Å². The third-order valence-corrected chi connectivity index (χ3v) is 4.46. The molecule has 0 radical (unpaired) electrons. The summed E-state index contributed by atoms with van der Waals surface area (Å²) in [6, 6.07) is 15.1. The van der Waals surface area contributed by atoms with E-state index in [-0.39, 0.29) is 18.1 Å². The molecule has 33 heavy (non-hydrogen) atoms. The largest absolute Gasteiger partial charge is 0.492 e. The van der Waals surface area contributed by atoms with Crippen LogP contribution < -0.4 is 20.3 Å². The van der Waals surface area contributed by atoms with Crippen molar-refractivity contribution in [2.24, 2.45) is 0 Å². The standard InChI is InChI=1S/C24H25N3O6/c1-4-31-19-9-7-6-8-18(19)25-21(28)15-33-20-14-22(29)27(17-12-10-16(3)11-13-17)26-23(20)24(30)32-5-2/h6-14H,4-5,15H2,1-3H3,(H,25,28). The van der Waals surface area contributed by atoms with Crippen LogP contribution in [0.25, 0.3) is 5.69 Å². The van der Waals surface area contributed by atoms with E-state index in [0.29, 0.717) is 23.7 Å². The molecule has 1 heterocycles. The van der Waals surface area contributed by atoms with E-state index >= 15 is 0 Å². The molecule has 1 aromatic heterocycles. The number of benzene rings is 2. The lowest BCUT2D eigenvalue weighted by Crippen LogP contribution is -2.27. The van der Waals surface area contributed by atoms with Crippen molar-refractivity contribution in [1.82, 2.24) is 9.78 Å². The number of anilines is 1. The summed E-state index contributed by atoms with van der Waals surface area (Å²) in [5, 5.41) is 6.83. The first-order valence-corrected chi connectivity index (χ1v) is 10.5. The molecule has 9 nitrogen and oxygen atoms in total. The highest BCUT2D eigenvalue weighted by Crippen LogP contribution is 2.23. The van der Waals surface area contributed by atoms with Gasteiger partial charge in [0.2, 0.25) is 5.69 Å². The van der Waals surface area contributed by atoms with Crippen molar-refractivity contribution in [2.45, 2.75) is 20.8 Å². The summed E-state index contributed by atoms with van der Waals surface area (Å²) in [6.07, 6.45) is 0. The topological polar surface area (TPSA) is 109 Å². The molecule has 1 N–H and O–H groups in total. The molecule has 0 saturated carbocycles. The fourth-order valence-corrected chi connectivity index (χ4v) is 2.94. The third-order valence-electron chi connectivity index (χ3n) is 4.46. The first-order valence-electron chi connectivity index (χ1n) is 10.5. The van der Waals surface area contributed by atoms with Gasteiger partial charge < -0.3 is 19.5 Å². The molecule has 2 aromatic carbocycles. The average molecular weight is 451 g/mol. The molecule has 3 rings (SSSR count). The molecule has 0 aliphatic heterocycles. The Bertz CT molecular complexity index is 1190. The highest BCUT2D eigenvalue weighted by Gasteiger charge is 2.21. The van der Waals surface area contributed by atoms with Gasteiger partial charge >= 0.3 is 5.97 Å². The van der Waals surface area contributed by atoms with Gasteiger partial charge in [0.1, 0.15) is 5.75 Å². The summed E-state index contributed by atoms with van der Waals surface area (Å²) in [5.74, 6) is -0.895. The minimum absolute atomic E-state index is 0.109. The first-order chi connectivity index (χ1) is 15.9. The number of hydrogen-bond acceptors (Lipinski definition) is 7. The Morgan fingerprint density at radius 1 is 0.970 bits per heavy atom. The molecular formula is C24H25N3O6. The zero-order valence-electron chi connectivity index (χ0n) is 18.7. The number of aromatic nitrogens is 2. The molecule has 0 bridgehead atoms. The predicted octanol–water partition coefficient (Wildman–Crippen LogP) is 3.13. The zero-order valence-corrected chi connectivity index (χ0v) is 18.7. The number of aryl methyl sites for hydroxylation is 1. The number of amides is 1. The Balaban J connectivity index is 1.84. The number of rotatable bonds is 9. The number of ether oxygens (including phenoxy) is 3. The zero-order chi connectivity index (χ0) is 23.8. The average Bonchev–Trinajstić information content (AvgIpc) is 2.80. The molecule has 9 heteroatoms. The van der Waals surface area contributed by atoms with Crippen LogP contribution in [0.15, 0.2) is 59.4 Å². The van der Waals surface area contributed by atoms with Gasteiger partial charge in [-0.05, 0) is 45.0 Å². The Kier molecular flexibility index (Phi) is 7.80. The Morgan fingerprint density at radius 2 is 1.70 bits per heavy atom. The molecule has 0 fully saturated rings. The predicted molar refractivity (Wildman–Crippen MR) is 122 cm³/mol. The van der Waals surface area contributed by atoms with E-state index in [1.807, 2.05) is 26.0 Å². The van der Waals surface area contributed by atoms with E-state index in [9.17, 15) is 14.4 Å². The minimum Gasteiger partial charge on any atom is -0.492 e. The van der Waals surface area contributed by atoms with Gasteiger partial charge in [-0.25, -0.2) is 4.79 Å². The fourth-order valence-electron chi connectivity index (χ4n) is 2.94. The molecule has 1 amide bonds. The van der Waals surface area contributed by atoms with Crippen molar-refractivity contribution in [3.05, 3.63) is 76.2 Å². The summed E-state index contributed by atoms with van der Waals surface area (Å²) in [5.41, 5.74) is 1.23. The van der Waals surface area contributed by atoms with Gasteiger partial charge in [0, 0.05) is 0 Å². The lowest BCUT2D eigenvalue weighted by atomic mass is 10.2. The van der Waals surface area contributed by atoms with Crippen LogP contribution in [-0.2, 0) is 9.53 Å². The van der Waals surface area contributed by atoms with E-state index in [1.165, 1.54) is 0 Å². The van der Waals surface area contributed by atoms with E-state index in [0.717, 1.165) is 16.3 Å². The number of nitrogens with zero attached hydrogens (tertiary/aromatic N) is 2. The van der Waals surface area contributed by atoms with Crippen LogP contribution >= 0.6 is 0 Å². The van der Waals surface area contributed by atoms with Crippen molar-refractivity contribution in [1.29, 1.82) is 0 Å². The third kappa shape index (κ3) is 5.97. The smallest absolute Gasteiger partial charge is 0.362 e. The second-order valence-corrected chi connectivity index (χ2v) is 6.93. The van der Waals surface area contributed by atoms with Crippen molar-refractivity contribution < 1.29 is 23.8 Å². The van der Waals surface area contributed by atoms with E-state index in [1.54, 1.807) is 43.3 Å². The number of nitrogens with one attached hydrogen (secondary N) is 1. The highest BCUT2D eigenvalue weighted by molar-refractivity contribution is 5.94. The summed E-state index contributed by atoms with van der Waals surface area (Å²) < 4.78 is 17.1. The van der Waals surface area contributed by atoms with E-state index in [4.69, 9.17) is 14.2 Å². The highest BCUT2D eigenvalue weighted by atomic mass is 16.5. The van der Waals surface area contributed by atoms with Crippen molar-refractivity contribution >= 4 is 17.6 Å². The van der Waals surface area contributed by atoms with Crippen molar-refractivity contribution in [2.75, 3.05) is 25.1 Å². The van der Waals surface area contributed by atoms with Crippen molar-refractivity contribution in [3.63, 3.8) is 0 Å². The molecule has 0 aliphatic carbocycles. The van der Waals surface area contributed by atoms with Crippen LogP contribution in [-0.4, -0.2) is 41.5 Å². The van der Waals surface area contributed by atoms with Crippen LogP contribution in [0.5, 0.6) is 11.5 Å². The van der Waals surface area contributed by atoms with Gasteiger partial charge in [0.15, 0.2) is 12.4 Å². The van der Waals surface area contributed by atoms with Crippen LogP contribution in [0.1, 0.15) is 29.9 Å². The normalized spacial score (nSPS) is 10.4. The minimum atomic E-state index is -0.768. The van der Waals surface area contributed by atoms with Gasteiger partial charge in [0.25, 0.3) is 11.5 Å². The van der Waals surface area contributed by atoms with E-state index in [2.05, 4.69) is 10.4 Å². The second kappa shape index (κ2) is 10.9. The maximum atomic E-state index is 12.7.